The van der Waals surface area contributed by atoms with E-state index in [1.165, 1.54) is 0 Å². The molecule has 1 heterocycles. The Morgan fingerprint density at radius 3 is 3.10 bits per heavy atom. The van der Waals surface area contributed by atoms with E-state index < -0.39 is 0 Å². The minimum Gasteiger partial charge on any atom is -0.327 e. The maximum Gasteiger partial charge on any atom is 0.111 e. The van der Waals surface area contributed by atoms with Crippen molar-refractivity contribution in [2.24, 2.45) is 12.8 Å². The largest absolute Gasteiger partial charge is 0.327 e. The molecule has 3 nitrogen and oxygen atoms in total. The molecule has 1 aromatic rings. The summed E-state index contributed by atoms with van der Waals surface area (Å²) in [4.78, 5) is 3.89. The first kappa shape index (κ1) is 6.84. The number of hydrogen-bond acceptors (Lipinski definition) is 2. The average Bonchev–Trinajstić information content (AvgIpc) is 2.31. The maximum absolute atomic E-state index is 5.19. The second-order valence-electron chi connectivity index (χ2n) is 1.90. The van der Waals surface area contributed by atoms with Gasteiger partial charge in [-0.2, -0.15) is 0 Å². The molecule has 0 aliphatic heterocycles. The highest BCUT2D eigenvalue weighted by atomic mass is 15.0. The van der Waals surface area contributed by atoms with Crippen molar-refractivity contribution >= 4 is 0 Å². The molecule has 0 fully saturated rings. The Labute approximate surface area is 59.9 Å². The van der Waals surface area contributed by atoms with Gasteiger partial charge in [0.1, 0.15) is 5.69 Å². The predicted molar refractivity (Wildman–Crippen MR) is 39.1 cm³/mol. The molecule has 2 N–H and O–H groups in total. The van der Waals surface area contributed by atoms with Gasteiger partial charge in [0, 0.05) is 7.05 Å². The Bertz CT molecular complexity index is 264. The molecule has 0 saturated heterocycles. The van der Waals surface area contributed by atoms with E-state index in [0.717, 1.165) is 5.69 Å². The summed E-state index contributed by atoms with van der Waals surface area (Å²) in [6.07, 6.45) is 3.42. The zero-order valence-corrected chi connectivity index (χ0v) is 5.83. The van der Waals surface area contributed by atoms with Crippen molar-refractivity contribution in [1.29, 1.82) is 0 Å². The molecule has 1 aromatic heterocycles. The van der Waals surface area contributed by atoms with Gasteiger partial charge in [-0.15, -0.1) is 0 Å². The topological polar surface area (TPSA) is 43.8 Å². The van der Waals surface area contributed by atoms with Gasteiger partial charge in [-0.1, -0.05) is 5.92 Å². The lowest BCUT2D eigenvalue weighted by Crippen LogP contribution is -1.94. The van der Waals surface area contributed by atoms with Crippen molar-refractivity contribution in [2.75, 3.05) is 6.54 Å². The number of hydrogen-bond donors (Lipinski definition) is 1. The van der Waals surface area contributed by atoms with E-state index in [2.05, 4.69) is 16.8 Å². The smallest absolute Gasteiger partial charge is 0.111 e. The third-order valence-electron chi connectivity index (χ3n) is 1.14. The Balaban J connectivity index is 2.84. The van der Waals surface area contributed by atoms with Crippen LogP contribution in [0, 0.1) is 11.8 Å². The number of rotatable bonds is 0. The van der Waals surface area contributed by atoms with Gasteiger partial charge in [-0.05, 0) is 5.92 Å². The molecule has 0 saturated carbocycles. The van der Waals surface area contributed by atoms with Crippen molar-refractivity contribution in [3.63, 3.8) is 0 Å². The highest BCUT2D eigenvalue weighted by Gasteiger charge is 1.88. The molecule has 0 atom stereocenters. The molecule has 0 spiro atoms. The first-order valence-corrected chi connectivity index (χ1v) is 3.00. The van der Waals surface area contributed by atoms with Crippen molar-refractivity contribution in [1.82, 2.24) is 9.55 Å². The van der Waals surface area contributed by atoms with E-state index in [1.807, 2.05) is 11.6 Å². The van der Waals surface area contributed by atoms with Crippen molar-refractivity contribution < 1.29 is 0 Å². The van der Waals surface area contributed by atoms with Crippen LogP contribution in [0.5, 0.6) is 0 Å². The van der Waals surface area contributed by atoms with Crippen LogP contribution in [-0.4, -0.2) is 16.1 Å². The van der Waals surface area contributed by atoms with E-state index in [0.29, 0.717) is 6.54 Å². The summed E-state index contributed by atoms with van der Waals surface area (Å²) in [5.74, 6) is 5.63. The van der Waals surface area contributed by atoms with Crippen molar-refractivity contribution in [3.8, 4) is 11.8 Å². The summed E-state index contributed by atoms with van der Waals surface area (Å²) in [6, 6.07) is 0. The Morgan fingerprint density at radius 2 is 2.60 bits per heavy atom. The highest BCUT2D eigenvalue weighted by molar-refractivity contribution is 5.25. The highest BCUT2D eigenvalue weighted by Crippen LogP contribution is 1.90. The van der Waals surface area contributed by atoms with Crippen LogP contribution < -0.4 is 5.73 Å². The molecule has 0 amide bonds. The van der Waals surface area contributed by atoms with E-state index in [-0.39, 0.29) is 0 Å². The predicted octanol–water partition coefficient (Wildman–Crippen LogP) is -0.270. The average molecular weight is 135 g/mol. The summed E-state index contributed by atoms with van der Waals surface area (Å²) < 4.78 is 1.85. The number of aromatic nitrogens is 2. The Hall–Kier alpha value is -1.27. The monoisotopic (exact) mass is 135 g/mol. The Kier molecular flexibility index (Phi) is 2.08. The molecular formula is C7H9N3. The van der Waals surface area contributed by atoms with Gasteiger partial charge >= 0.3 is 0 Å². The molecule has 3 heteroatoms. The van der Waals surface area contributed by atoms with Gasteiger partial charge < -0.3 is 10.3 Å². The first-order valence-electron chi connectivity index (χ1n) is 3.00. The third kappa shape index (κ3) is 1.36. The summed E-state index contributed by atoms with van der Waals surface area (Å²) >= 11 is 0. The van der Waals surface area contributed by atoms with Gasteiger partial charge in [0.2, 0.25) is 0 Å². The summed E-state index contributed by atoms with van der Waals surface area (Å²) in [5.41, 5.74) is 6.09. The summed E-state index contributed by atoms with van der Waals surface area (Å²) in [6.45, 7) is 0.394. The van der Waals surface area contributed by atoms with E-state index in [1.54, 1.807) is 12.5 Å². The number of imidazole rings is 1. The van der Waals surface area contributed by atoms with Gasteiger partial charge in [0.15, 0.2) is 0 Å². The molecule has 0 bridgehead atoms. The minimum atomic E-state index is 0.394. The standard InChI is InChI=1S/C7H9N3/c1-10-6-9-5-7(10)3-2-4-8/h5-6H,4,8H2,1H3. The SMILES string of the molecule is Cn1cncc1C#CCN. The molecule has 10 heavy (non-hydrogen) atoms. The third-order valence-corrected chi connectivity index (χ3v) is 1.14. The van der Waals surface area contributed by atoms with E-state index >= 15 is 0 Å². The first-order chi connectivity index (χ1) is 4.84. The van der Waals surface area contributed by atoms with Crippen LogP contribution in [0.25, 0.3) is 0 Å². The maximum atomic E-state index is 5.19. The minimum absolute atomic E-state index is 0.394. The number of nitrogens with two attached hydrogens (primary N) is 1. The van der Waals surface area contributed by atoms with E-state index in [9.17, 15) is 0 Å². The van der Waals surface area contributed by atoms with Crippen LogP contribution in [0.3, 0.4) is 0 Å². The van der Waals surface area contributed by atoms with Crippen LogP contribution >= 0.6 is 0 Å². The zero-order valence-electron chi connectivity index (χ0n) is 5.83. The molecule has 0 aromatic carbocycles. The van der Waals surface area contributed by atoms with Gasteiger partial charge in [0.25, 0.3) is 0 Å². The summed E-state index contributed by atoms with van der Waals surface area (Å²) in [5, 5.41) is 0. The van der Waals surface area contributed by atoms with E-state index in [4.69, 9.17) is 5.73 Å². The van der Waals surface area contributed by atoms with Crippen LogP contribution in [0.4, 0.5) is 0 Å². The molecule has 0 unspecified atom stereocenters. The quantitative estimate of drug-likeness (QED) is 0.498. The molecule has 0 aliphatic carbocycles. The van der Waals surface area contributed by atoms with Crippen molar-refractivity contribution in [2.45, 2.75) is 0 Å². The van der Waals surface area contributed by atoms with Crippen molar-refractivity contribution in [3.05, 3.63) is 18.2 Å². The Morgan fingerprint density at radius 1 is 1.80 bits per heavy atom. The van der Waals surface area contributed by atoms with Crippen LogP contribution in [0.15, 0.2) is 12.5 Å². The second kappa shape index (κ2) is 3.04. The fourth-order valence-electron chi connectivity index (χ4n) is 0.619. The van der Waals surface area contributed by atoms with Crippen LogP contribution in [-0.2, 0) is 7.05 Å². The number of aryl methyl sites for hydroxylation is 1. The lowest BCUT2D eigenvalue weighted by molar-refractivity contribution is 0.899. The molecular weight excluding hydrogens is 126 g/mol. The van der Waals surface area contributed by atoms with Gasteiger partial charge in [-0.3, -0.25) is 0 Å². The zero-order chi connectivity index (χ0) is 7.40. The lowest BCUT2D eigenvalue weighted by Gasteiger charge is -1.88. The second-order valence-corrected chi connectivity index (χ2v) is 1.90. The summed E-state index contributed by atoms with van der Waals surface area (Å²) in [7, 11) is 1.90. The molecule has 52 valence electrons. The fraction of sp³-hybridized carbons (Fsp3) is 0.286. The van der Waals surface area contributed by atoms with Gasteiger partial charge in [-0.25, -0.2) is 4.98 Å². The lowest BCUT2D eigenvalue weighted by atomic mass is 10.4. The van der Waals surface area contributed by atoms with Crippen LogP contribution in [0.1, 0.15) is 5.69 Å². The molecule has 1 rings (SSSR count). The molecule has 0 aliphatic rings. The normalized spacial score (nSPS) is 8.60. The number of nitrogens with zero attached hydrogens (tertiary/aromatic N) is 2. The molecule has 0 radical (unpaired) electrons. The fourth-order valence-corrected chi connectivity index (χ4v) is 0.619. The van der Waals surface area contributed by atoms with Crippen LogP contribution in [0.2, 0.25) is 0 Å². The van der Waals surface area contributed by atoms with Gasteiger partial charge in [0.05, 0.1) is 19.1 Å².